The van der Waals surface area contributed by atoms with E-state index in [0.717, 1.165) is 52.8 Å². The van der Waals surface area contributed by atoms with Crippen LogP contribution in [0.5, 0.6) is 5.75 Å². The van der Waals surface area contributed by atoms with Crippen LogP contribution in [0.2, 0.25) is 0 Å². The number of hydrogen-bond donors (Lipinski definition) is 1. The molecule has 3 aliphatic rings. The largest absolute Gasteiger partial charge is 0.496 e. The van der Waals surface area contributed by atoms with Gasteiger partial charge in [0.15, 0.2) is 0 Å². The van der Waals surface area contributed by atoms with Gasteiger partial charge in [-0.3, -0.25) is 4.98 Å². The number of aliphatic hydroxyl groups is 1. The van der Waals surface area contributed by atoms with Crippen molar-refractivity contribution in [1.29, 1.82) is 0 Å². The smallest absolute Gasteiger partial charge is 0.131 e. The lowest BCUT2D eigenvalue weighted by atomic mass is 9.70. The van der Waals surface area contributed by atoms with Crippen molar-refractivity contribution in [2.75, 3.05) is 20.2 Å². The van der Waals surface area contributed by atoms with Crippen LogP contribution in [-0.4, -0.2) is 40.8 Å². The lowest BCUT2D eigenvalue weighted by Crippen LogP contribution is -2.67. The third-order valence-corrected chi connectivity index (χ3v) is 9.57. The molecule has 0 unspecified atom stereocenters. The molecule has 208 valence electrons. The van der Waals surface area contributed by atoms with E-state index in [0.29, 0.717) is 11.8 Å². The quantitative estimate of drug-likeness (QED) is 0.267. The molecular weight excluding hydrogens is 480 g/mol. The number of fused-ring (bicyclic) bond motifs is 4. The van der Waals surface area contributed by atoms with Crippen LogP contribution < -0.4 is 4.74 Å². The number of ether oxygens (including phenoxy) is 1. The second-order valence-corrected chi connectivity index (χ2v) is 14.1. The average Bonchev–Trinajstić information content (AvgIpc) is 2.91. The molecule has 4 heterocycles. The van der Waals surface area contributed by atoms with Crippen LogP contribution >= 0.6 is 0 Å². The molecule has 0 spiro atoms. The number of rotatable bonds is 6. The Balaban J connectivity index is 1.64. The fourth-order valence-electron chi connectivity index (χ4n) is 7.51. The van der Waals surface area contributed by atoms with Gasteiger partial charge in [0.05, 0.1) is 25.7 Å². The van der Waals surface area contributed by atoms with E-state index >= 15 is 0 Å². The third kappa shape index (κ3) is 5.02. The van der Waals surface area contributed by atoms with E-state index in [-0.39, 0.29) is 16.9 Å². The van der Waals surface area contributed by atoms with Gasteiger partial charge in [0, 0.05) is 35.9 Å². The van der Waals surface area contributed by atoms with Crippen LogP contribution in [0.25, 0.3) is 10.9 Å². The zero-order chi connectivity index (χ0) is 28.2. The Morgan fingerprint density at radius 3 is 2.46 bits per heavy atom. The van der Waals surface area contributed by atoms with E-state index in [1.54, 1.807) is 7.11 Å². The van der Waals surface area contributed by atoms with Gasteiger partial charge in [-0.15, -0.1) is 6.58 Å². The molecule has 4 nitrogen and oxygen atoms in total. The Kier molecular flexibility index (Phi) is 7.18. The number of aliphatic hydroxyl groups excluding tert-OH is 1. The average molecular weight is 528 g/mol. The molecular formula is C35H47N2O2+. The molecule has 6 rings (SSSR count). The molecule has 3 saturated heterocycles. The van der Waals surface area contributed by atoms with E-state index in [1.807, 2.05) is 30.5 Å². The molecule has 0 amide bonds. The van der Waals surface area contributed by atoms with Crippen molar-refractivity contribution in [3.63, 3.8) is 0 Å². The van der Waals surface area contributed by atoms with Gasteiger partial charge in [-0.05, 0) is 57.7 Å². The Morgan fingerprint density at radius 2 is 1.79 bits per heavy atom. The number of methoxy groups -OCH3 is 1. The van der Waals surface area contributed by atoms with E-state index < -0.39 is 6.10 Å². The summed E-state index contributed by atoms with van der Waals surface area (Å²) in [6.07, 6.45) is 5.68. The lowest BCUT2D eigenvalue weighted by molar-refractivity contribution is -0.985. The van der Waals surface area contributed by atoms with Gasteiger partial charge in [-0.2, -0.15) is 0 Å². The number of piperidine rings is 3. The second kappa shape index (κ2) is 10.1. The molecule has 3 fully saturated rings. The first kappa shape index (κ1) is 27.9. The summed E-state index contributed by atoms with van der Waals surface area (Å²) < 4.78 is 6.83. The van der Waals surface area contributed by atoms with E-state index in [4.69, 9.17) is 4.74 Å². The van der Waals surface area contributed by atoms with Crippen LogP contribution in [0.15, 0.2) is 61.3 Å². The Labute approximate surface area is 235 Å². The minimum atomic E-state index is -0.551. The summed E-state index contributed by atoms with van der Waals surface area (Å²) in [4.78, 5) is 4.57. The molecule has 5 atom stereocenters. The highest BCUT2D eigenvalue weighted by Gasteiger charge is 2.54. The maximum atomic E-state index is 12.2. The van der Waals surface area contributed by atoms with Crippen molar-refractivity contribution < 1.29 is 14.3 Å². The highest BCUT2D eigenvalue weighted by Crippen LogP contribution is 2.49. The Hall–Kier alpha value is -2.69. The number of pyridine rings is 1. The highest BCUT2D eigenvalue weighted by molar-refractivity contribution is 5.82. The predicted octanol–water partition coefficient (Wildman–Crippen LogP) is 7.48. The molecule has 3 aromatic rings. The van der Waals surface area contributed by atoms with Gasteiger partial charge in [0.25, 0.3) is 0 Å². The highest BCUT2D eigenvalue weighted by atomic mass is 16.5. The van der Waals surface area contributed by atoms with Gasteiger partial charge >= 0.3 is 0 Å². The first-order chi connectivity index (χ1) is 18.4. The topological polar surface area (TPSA) is 42.4 Å². The zero-order valence-electron chi connectivity index (χ0n) is 25.0. The van der Waals surface area contributed by atoms with E-state index in [9.17, 15) is 5.11 Å². The molecule has 1 N–H and O–H groups in total. The van der Waals surface area contributed by atoms with Crippen LogP contribution in [-0.2, 0) is 17.4 Å². The van der Waals surface area contributed by atoms with Crippen molar-refractivity contribution in [3.05, 3.63) is 83.6 Å². The summed E-state index contributed by atoms with van der Waals surface area (Å²) in [5, 5.41) is 13.2. The molecule has 1 aromatic heterocycles. The van der Waals surface area contributed by atoms with Crippen molar-refractivity contribution in [2.24, 2.45) is 11.8 Å². The molecule has 4 heteroatoms. The maximum absolute atomic E-state index is 12.2. The first-order valence-corrected chi connectivity index (χ1v) is 14.6. The van der Waals surface area contributed by atoms with Gasteiger partial charge < -0.3 is 14.3 Å². The van der Waals surface area contributed by atoms with Gasteiger partial charge in [-0.25, -0.2) is 0 Å². The number of para-hydroxylation sites is 1. The molecule has 2 bridgehead atoms. The van der Waals surface area contributed by atoms with Gasteiger partial charge in [0.1, 0.15) is 24.4 Å². The molecule has 0 radical (unpaired) electrons. The second-order valence-electron chi connectivity index (χ2n) is 14.1. The summed E-state index contributed by atoms with van der Waals surface area (Å²) in [6.45, 7) is 20.9. The Morgan fingerprint density at radius 1 is 1.08 bits per heavy atom. The standard InChI is InChI=1S/C35H47N2O2/c1-9-23-21-37(22-25-18-29(35(5,6)7)32(39-8)20-28(25)34(2,3)4)17-15-24(23)19-31(37)33(38)27-14-16-36-30-13-11-10-12-26(27)30/h9-14,16,18,20,23-24,31,33,38H,1,15,17,19,21-22H2,2-8H3/q+1/t23-,24-,31-,33-,37-/m0/s1. The Bertz CT molecular complexity index is 1360. The van der Waals surface area contributed by atoms with Gasteiger partial charge in [0.2, 0.25) is 0 Å². The molecule has 0 aliphatic carbocycles. The van der Waals surface area contributed by atoms with E-state index in [1.165, 1.54) is 23.1 Å². The van der Waals surface area contributed by atoms with Crippen LogP contribution in [0.1, 0.15) is 82.7 Å². The first-order valence-electron chi connectivity index (χ1n) is 14.6. The SMILES string of the molecule is C=C[C@H]1C[N@+]2(Cc3cc(C(C)(C)C)c(OC)cc3C(C)(C)C)CC[C@H]1C[C@H]2[C@@H](O)c1ccnc2ccccc12. The van der Waals surface area contributed by atoms with Crippen molar-refractivity contribution in [3.8, 4) is 5.75 Å². The molecule has 39 heavy (non-hydrogen) atoms. The zero-order valence-corrected chi connectivity index (χ0v) is 25.0. The van der Waals surface area contributed by atoms with Crippen molar-refractivity contribution in [1.82, 2.24) is 4.98 Å². The summed E-state index contributed by atoms with van der Waals surface area (Å²) in [6, 6.07) is 15.1. The maximum Gasteiger partial charge on any atom is 0.131 e. The number of benzene rings is 2. The monoisotopic (exact) mass is 527 g/mol. The summed E-state index contributed by atoms with van der Waals surface area (Å²) >= 11 is 0. The van der Waals surface area contributed by atoms with Crippen molar-refractivity contribution >= 4 is 10.9 Å². The number of quaternary nitrogens is 1. The minimum absolute atomic E-state index is 0.0291. The summed E-state index contributed by atoms with van der Waals surface area (Å²) in [7, 11) is 1.79. The number of hydrogen-bond acceptors (Lipinski definition) is 3. The molecule has 0 saturated carbocycles. The summed E-state index contributed by atoms with van der Waals surface area (Å²) in [5.74, 6) is 2.03. The van der Waals surface area contributed by atoms with Crippen LogP contribution in [0.3, 0.4) is 0 Å². The lowest BCUT2D eigenvalue weighted by Gasteiger charge is -2.58. The predicted molar refractivity (Wildman–Crippen MR) is 161 cm³/mol. The minimum Gasteiger partial charge on any atom is -0.496 e. The number of nitrogens with zero attached hydrogens (tertiary/aromatic N) is 2. The van der Waals surface area contributed by atoms with Crippen molar-refractivity contribution in [2.45, 2.75) is 83.9 Å². The normalized spacial score (nSPS) is 26.0. The van der Waals surface area contributed by atoms with Crippen LogP contribution in [0.4, 0.5) is 0 Å². The van der Waals surface area contributed by atoms with E-state index in [2.05, 4.69) is 77.4 Å². The summed E-state index contributed by atoms with van der Waals surface area (Å²) in [5.41, 5.74) is 5.85. The molecule has 2 aromatic carbocycles. The van der Waals surface area contributed by atoms with Crippen LogP contribution in [0, 0.1) is 11.8 Å². The third-order valence-electron chi connectivity index (χ3n) is 9.57. The number of aromatic nitrogens is 1. The molecule has 3 aliphatic heterocycles. The fraction of sp³-hybridized carbons (Fsp3) is 0.514. The fourth-order valence-corrected chi connectivity index (χ4v) is 7.51. The van der Waals surface area contributed by atoms with Gasteiger partial charge in [-0.1, -0.05) is 65.8 Å².